The van der Waals surface area contributed by atoms with Gasteiger partial charge >= 0.3 is 5.97 Å². The monoisotopic (exact) mass is 298 g/mol. The van der Waals surface area contributed by atoms with Gasteiger partial charge in [0.2, 0.25) is 0 Å². The lowest BCUT2D eigenvalue weighted by atomic mass is 9.98. The zero-order valence-corrected chi connectivity index (χ0v) is 12.4. The first kappa shape index (κ1) is 14.2. The molecule has 0 amide bonds. The van der Waals surface area contributed by atoms with E-state index in [0.29, 0.717) is 6.42 Å². The highest BCUT2D eigenvalue weighted by Gasteiger charge is 2.19. The highest BCUT2D eigenvalue weighted by Crippen LogP contribution is 2.23. The van der Waals surface area contributed by atoms with E-state index in [1.165, 1.54) is 0 Å². The van der Waals surface area contributed by atoms with Crippen molar-refractivity contribution in [3.63, 3.8) is 0 Å². The standard InChI is InChI=1S/C14H19BrO2/c1-10(8-13(16)17-14(2,3)4)11-6-5-7-12(15)9-11/h5-7,9-10H,8H2,1-4H3. The lowest BCUT2D eigenvalue weighted by molar-refractivity contribution is -0.155. The van der Waals surface area contributed by atoms with E-state index in [9.17, 15) is 4.79 Å². The molecule has 0 bridgehead atoms. The molecule has 0 radical (unpaired) electrons. The summed E-state index contributed by atoms with van der Waals surface area (Å²) in [5.74, 6) is 0.0207. The van der Waals surface area contributed by atoms with Crippen LogP contribution < -0.4 is 0 Å². The van der Waals surface area contributed by atoms with Gasteiger partial charge in [0.05, 0.1) is 6.42 Å². The summed E-state index contributed by atoms with van der Waals surface area (Å²) in [7, 11) is 0. The van der Waals surface area contributed by atoms with Crippen molar-refractivity contribution in [2.75, 3.05) is 0 Å². The van der Waals surface area contributed by atoms with E-state index >= 15 is 0 Å². The molecule has 1 aromatic carbocycles. The number of hydrogen-bond acceptors (Lipinski definition) is 2. The molecular weight excluding hydrogens is 280 g/mol. The Balaban J connectivity index is 2.61. The Morgan fingerprint density at radius 3 is 2.59 bits per heavy atom. The molecule has 0 aromatic heterocycles. The molecule has 3 heteroatoms. The molecule has 0 fully saturated rings. The third-order valence-corrected chi connectivity index (χ3v) is 2.80. The summed E-state index contributed by atoms with van der Waals surface area (Å²) in [6, 6.07) is 8.02. The highest BCUT2D eigenvalue weighted by atomic mass is 79.9. The summed E-state index contributed by atoms with van der Waals surface area (Å²) in [6.07, 6.45) is 0.410. The fraction of sp³-hybridized carbons (Fsp3) is 0.500. The van der Waals surface area contributed by atoms with Gasteiger partial charge < -0.3 is 4.74 Å². The van der Waals surface area contributed by atoms with Crippen molar-refractivity contribution in [1.82, 2.24) is 0 Å². The van der Waals surface area contributed by atoms with Crippen molar-refractivity contribution in [3.8, 4) is 0 Å². The Morgan fingerprint density at radius 1 is 1.41 bits per heavy atom. The maximum atomic E-state index is 11.7. The number of carbonyl (C=O) groups is 1. The number of esters is 1. The molecule has 0 spiro atoms. The van der Waals surface area contributed by atoms with Gasteiger partial charge in [0.1, 0.15) is 5.60 Å². The zero-order valence-electron chi connectivity index (χ0n) is 10.8. The quantitative estimate of drug-likeness (QED) is 0.778. The van der Waals surface area contributed by atoms with Crippen molar-refractivity contribution in [1.29, 1.82) is 0 Å². The largest absolute Gasteiger partial charge is 0.460 e. The van der Waals surface area contributed by atoms with Crippen LogP contribution >= 0.6 is 15.9 Å². The molecule has 0 aliphatic rings. The number of carbonyl (C=O) groups excluding carboxylic acids is 1. The highest BCUT2D eigenvalue weighted by molar-refractivity contribution is 9.10. The minimum atomic E-state index is -0.409. The molecule has 2 nitrogen and oxygen atoms in total. The summed E-state index contributed by atoms with van der Waals surface area (Å²) in [6.45, 7) is 7.68. The Labute approximate surface area is 111 Å². The van der Waals surface area contributed by atoms with Crippen molar-refractivity contribution in [3.05, 3.63) is 34.3 Å². The summed E-state index contributed by atoms with van der Waals surface area (Å²) < 4.78 is 6.34. The maximum Gasteiger partial charge on any atom is 0.306 e. The zero-order chi connectivity index (χ0) is 13.1. The van der Waals surface area contributed by atoms with Crippen LogP contribution in [0.3, 0.4) is 0 Å². The average molecular weight is 299 g/mol. The topological polar surface area (TPSA) is 26.3 Å². The number of hydrogen-bond donors (Lipinski definition) is 0. The fourth-order valence-corrected chi connectivity index (χ4v) is 1.98. The van der Waals surface area contributed by atoms with Crippen molar-refractivity contribution in [2.24, 2.45) is 0 Å². The molecule has 0 aliphatic carbocycles. The second-order valence-corrected chi connectivity index (χ2v) is 6.16. The van der Waals surface area contributed by atoms with Gasteiger partial charge in [-0.3, -0.25) is 4.79 Å². The van der Waals surface area contributed by atoms with Gasteiger partial charge in [-0.1, -0.05) is 35.0 Å². The third-order valence-electron chi connectivity index (χ3n) is 2.31. The number of benzene rings is 1. The van der Waals surface area contributed by atoms with E-state index in [0.717, 1.165) is 10.0 Å². The molecule has 1 rings (SSSR count). The normalized spacial score (nSPS) is 13.2. The van der Waals surface area contributed by atoms with Gasteiger partial charge in [-0.15, -0.1) is 0 Å². The lowest BCUT2D eigenvalue weighted by Gasteiger charge is -2.21. The molecule has 0 heterocycles. The summed E-state index contributed by atoms with van der Waals surface area (Å²) in [4.78, 5) is 11.7. The van der Waals surface area contributed by atoms with Crippen LogP contribution in [-0.4, -0.2) is 11.6 Å². The molecule has 0 aliphatic heterocycles. The second-order valence-electron chi connectivity index (χ2n) is 5.25. The van der Waals surface area contributed by atoms with Gasteiger partial charge in [-0.2, -0.15) is 0 Å². The average Bonchev–Trinajstić information content (AvgIpc) is 2.14. The van der Waals surface area contributed by atoms with Crippen LogP contribution in [0.4, 0.5) is 0 Å². The predicted octanol–water partition coefficient (Wildman–Crippen LogP) is 4.28. The maximum absolute atomic E-state index is 11.7. The minimum Gasteiger partial charge on any atom is -0.460 e. The Hall–Kier alpha value is -0.830. The first-order valence-electron chi connectivity index (χ1n) is 5.75. The molecule has 0 saturated heterocycles. The second kappa shape index (κ2) is 5.67. The molecular formula is C14H19BrO2. The third kappa shape index (κ3) is 5.35. The number of halogens is 1. The number of rotatable bonds is 3. The first-order chi connectivity index (χ1) is 7.78. The van der Waals surface area contributed by atoms with Crippen LogP contribution in [0.2, 0.25) is 0 Å². The van der Waals surface area contributed by atoms with Gasteiger partial charge in [0.15, 0.2) is 0 Å². The molecule has 0 N–H and O–H groups in total. The van der Waals surface area contributed by atoms with Crippen LogP contribution in [0.5, 0.6) is 0 Å². The van der Waals surface area contributed by atoms with Gasteiger partial charge in [0, 0.05) is 4.47 Å². The minimum absolute atomic E-state index is 0.148. The molecule has 17 heavy (non-hydrogen) atoms. The van der Waals surface area contributed by atoms with Gasteiger partial charge in [0.25, 0.3) is 0 Å². The Kier molecular flexibility index (Phi) is 4.75. The Bertz CT molecular complexity index is 393. The van der Waals surface area contributed by atoms with E-state index in [2.05, 4.69) is 15.9 Å². The van der Waals surface area contributed by atoms with E-state index in [4.69, 9.17) is 4.74 Å². The number of ether oxygens (including phenoxy) is 1. The van der Waals surface area contributed by atoms with Crippen LogP contribution in [0, 0.1) is 0 Å². The van der Waals surface area contributed by atoms with Crippen LogP contribution in [-0.2, 0) is 9.53 Å². The lowest BCUT2D eigenvalue weighted by Crippen LogP contribution is -2.24. The fourth-order valence-electron chi connectivity index (χ4n) is 1.56. The van der Waals surface area contributed by atoms with Gasteiger partial charge in [-0.25, -0.2) is 0 Å². The molecule has 1 aromatic rings. The SMILES string of the molecule is CC(CC(=O)OC(C)(C)C)c1cccc(Br)c1. The summed E-state index contributed by atoms with van der Waals surface area (Å²) >= 11 is 3.43. The molecule has 94 valence electrons. The van der Waals surface area contributed by atoms with Crippen molar-refractivity contribution in [2.45, 2.75) is 45.6 Å². The predicted molar refractivity (Wildman–Crippen MR) is 73.0 cm³/mol. The van der Waals surface area contributed by atoms with Crippen LogP contribution in [0.1, 0.15) is 45.6 Å². The first-order valence-corrected chi connectivity index (χ1v) is 6.54. The van der Waals surface area contributed by atoms with E-state index in [-0.39, 0.29) is 11.9 Å². The summed E-state index contributed by atoms with van der Waals surface area (Å²) in [5, 5.41) is 0. The smallest absolute Gasteiger partial charge is 0.306 e. The van der Waals surface area contributed by atoms with E-state index in [1.54, 1.807) is 0 Å². The molecule has 0 saturated carbocycles. The van der Waals surface area contributed by atoms with Crippen LogP contribution in [0.15, 0.2) is 28.7 Å². The Morgan fingerprint density at radius 2 is 2.06 bits per heavy atom. The molecule has 1 unspecified atom stereocenters. The van der Waals surface area contributed by atoms with Crippen LogP contribution in [0.25, 0.3) is 0 Å². The van der Waals surface area contributed by atoms with E-state index in [1.807, 2.05) is 52.0 Å². The van der Waals surface area contributed by atoms with Crippen molar-refractivity contribution >= 4 is 21.9 Å². The van der Waals surface area contributed by atoms with Gasteiger partial charge in [-0.05, 0) is 44.4 Å². The molecule has 1 atom stereocenters. The summed E-state index contributed by atoms with van der Waals surface area (Å²) in [5.41, 5.74) is 0.735. The van der Waals surface area contributed by atoms with E-state index < -0.39 is 5.60 Å². The van der Waals surface area contributed by atoms with Crippen molar-refractivity contribution < 1.29 is 9.53 Å².